The third-order valence-corrected chi connectivity index (χ3v) is 2.90. The highest BCUT2D eigenvalue weighted by molar-refractivity contribution is 6.30. The van der Waals surface area contributed by atoms with Gasteiger partial charge >= 0.3 is 0 Å². The topological polar surface area (TPSA) is 35.0 Å². The second kappa shape index (κ2) is 5.38. The third kappa shape index (κ3) is 3.69. The molecule has 1 aliphatic carbocycles. The first kappa shape index (κ1) is 11.5. The van der Waals surface area contributed by atoms with Crippen LogP contribution in [-0.2, 0) is 6.42 Å². The Morgan fingerprint density at radius 2 is 2.07 bits per heavy atom. The summed E-state index contributed by atoms with van der Waals surface area (Å²) in [5, 5.41) is 0.865. The largest absolute Gasteiger partial charge is 0.344 e. The minimum absolute atomic E-state index is 0. The summed E-state index contributed by atoms with van der Waals surface area (Å²) >= 11 is 5.90. The van der Waals surface area contributed by atoms with Crippen LogP contribution in [0.5, 0.6) is 0 Å². The van der Waals surface area contributed by atoms with Gasteiger partial charge in [-0.25, -0.2) is 0 Å². The second-order valence-corrected chi connectivity index (χ2v) is 4.40. The molecule has 1 aliphatic rings. The highest BCUT2D eigenvalue weighted by atomic mass is 35.5. The average Bonchev–Trinajstić information content (AvgIpc) is 2.88. The maximum absolute atomic E-state index is 5.90. The molecule has 0 saturated heterocycles. The molecule has 0 radical (unpaired) electrons. The zero-order valence-electron chi connectivity index (χ0n) is 8.51. The summed E-state index contributed by atoms with van der Waals surface area (Å²) in [5.74, 6) is 1.05. The lowest BCUT2D eigenvalue weighted by atomic mass is 10.1. The Balaban J connectivity index is 0.000000980. The van der Waals surface area contributed by atoms with E-state index in [2.05, 4.69) is 12.1 Å². The summed E-state index contributed by atoms with van der Waals surface area (Å²) in [6.45, 7) is 0. The summed E-state index contributed by atoms with van der Waals surface area (Å²) in [5.41, 5.74) is 1.38. The smallest absolute Gasteiger partial charge is 0.0408 e. The van der Waals surface area contributed by atoms with Crippen LogP contribution in [0, 0.1) is 5.92 Å². The molecule has 1 aromatic carbocycles. The van der Waals surface area contributed by atoms with E-state index < -0.39 is 0 Å². The summed E-state index contributed by atoms with van der Waals surface area (Å²) < 4.78 is 0. The molecule has 0 heterocycles. The summed E-state index contributed by atoms with van der Waals surface area (Å²) in [7, 11) is 0. The van der Waals surface area contributed by atoms with Gasteiger partial charge in [0.1, 0.15) is 0 Å². The van der Waals surface area contributed by atoms with Crippen molar-refractivity contribution in [1.29, 1.82) is 0 Å². The van der Waals surface area contributed by atoms with Crippen molar-refractivity contribution in [3.8, 4) is 0 Å². The van der Waals surface area contributed by atoms with Gasteiger partial charge in [-0.05, 0) is 36.5 Å². The maximum atomic E-state index is 5.90. The molecule has 1 saturated carbocycles. The molecule has 2 rings (SSSR count). The number of hydrogen-bond donors (Lipinski definition) is 1. The van der Waals surface area contributed by atoms with Crippen LogP contribution in [0.15, 0.2) is 24.3 Å². The fourth-order valence-electron chi connectivity index (χ4n) is 1.69. The van der Waals surface area contributed by atoms with E-state index in [0.29, 0.717) is 0 Å². The molecule has 0 unspecified atom stereocenters. The van der Waals surface area contributed by atoms with Gasteiger partial charge in [0, 0.05) is 5.02 Å². The Bertz CT molecular complexity index is 281. The third-order valence-electron chi connectivity index (χ3n) is 2.66. The number of aryl methyl sites for hydroxylation is 1. The number of hydrogen-bond acceptors (Lipinski definition) is 1. The first-order valence-corrected chi connectivity index (χ1v) is 5.47. The molecule has 14 heavy (non-hydrogen) atoms. The van der Waals surface area contributed by atoms with Crippen molar-refractivity contribution in [2.24, 2.45) is 5.92 Å². The van der Waals surface area contributed by atoms with E-state index >= 15 is 0 Å². The van der Waals surface area contributed by atoms with Crippen LogP contribution in [0.25, 0.3) is 0 Å². The Labute approximate surface area is 91.1 Å². The van der Waals surface area contributed by atoms with Gasteiger partial charge in [-0.3, -0.25) is 0 Å². The average molecular weight is 212 g/mol. The van der Waals surface area contributed by atoms with Crippen molar-refractivity contribution in [2.75, 3.05) is 0 Å². The van der Waals surface area contributed by atoms with Crippen LogP contribution >= 0.6 is 11.6 Å². The van der Waals surface area contributed by atoms with E-state index in [1.807, 2.05) is 12.1 Å². The SMILES string of the molecule is Clc1cccc(CCCC2CC2)c1.N. The monoisotopic (exact) mass is 211 g/mol. The van der Waals surface area contributed by atoms with Gasteiger partial charge < -0.3 is 6.15 Å². The van der Waals surface area contributed by atoms with Crippen molar-refractivity contribution >= 4 is 11.6 Å². The molecular weight excluding hydrogens is 194 g/mol. The van der Waals surface area contributed by atoms with Gasteiger partial charge in [0.15, 0.2) is 0 Å². The lowest BCUT2D eigenvalue weighted by Crippen LogP contribution is -1.86. The van der Waals surface area contributed by atoms with Crippen LogP contribution in [0.3, 0.4) is 0 Å². The molecule has 0 atom stereocenters. The number of halogens is 1. The molecule has 0 amide bonds. The van der Waals surface area contributed by atoms with Crippen LogP contribution < -0.4 is 6.15 Å². The van der Waals surface area contributed by atoms with Crippen molar-refractivity contribution < 1.29 is 0 Å². The van der Waals surface area contributed by atoms with Crippen LogP contribution in [0.2, 0.25) is 5.02 Å². The van der Waals surface area contributed by atoms with Crippen LogP contribution in [-0.4, -0.2) is 0 Å². The molecule has 1 nitrogen and oxygen atoms in total. The standard InChI is InChI=1S/C12H15Cl.H3N/c13-12-6-2-5-11(9-12)4-1-3-10-7-8-10;/h2,5-6,9-10H,1,3-4,7-8H2;1H3. The minimum atomic E-state index is 0. The molecule has 3 N–H and O–H groups in total. The predicted molar refractivity (Wildman–Crippen MR) is 62.1 cm³/mol. The van der Waals surface area contributed by atoms with E-state index in [4.69, 9.17) is 11.6 Å². The number of rotatable bonds is 4. The van der Waals surface area contributed by atoms with Gasteiger partial charge in [-0.2, -0.15) is 0 Å². The molecule has 1 aromatic rings. The summed E-state index contributed by atoms with van der Waals surface area (Å²) in [4.78, 5) is 0. The van der Waals surface area contributed by atoms with E-state index in [1.54, 1.807) is 0 Å². The normalized spacial score (nSPS) is 14.9. The van der Waals surface area contributed by atoms with Crippen LogP contribution in [0.1, 0.15) is 31.2 Å². The highest BCUT2D eigenvalue weighted by Gasteiger charge is 2.19. The van der Waals surface area contributed by atoms with E-state index in [9.17, 15) is 0 Å². The Hall–Kier alpha value is -0.530. The van der Waals surface area contributed by atoms with Crippen molar-refractivity contribution in [1.82, 2.24) is 6.15 Å². The van der Waals surface area contributed by atoms with Gasteiger partial charge in [0.2, 0.25) is 0 Å². The van der Waals surface area contributed by atoms with Gasteiger partial charge in [0.25, 0.3) is 0 Å². The van der Waals surface area contributed by atoms with Crippen molar-refractivity contribution in [3.63, 3.8) is 0 Å². The van der Waals surface area contributed by atoms with Gasteiger partial charge in [-0.1, -0.05) is 43.0 Å². The molecule has 2 heteroatoms. The Morgan fingerprint density at radius 3 is 2.71 bits per heavy atom. The molecule has 0 spiro atoms. The quantitative estimate of drug-likeness (QED) is 0.795. The van der Waals surface area contributed by atoms with Crippen LogP contribution in [0.4, 0.5) is 0 Å². The predicted octanol–water partition coefficient (Wildman–Crippen LogP) is 4.23. The summed E-state index contributed by atoms with van der Waals surface area (Å²) in [6, 6.07) is 8.22. The van der Waals surface area contributed by atoms with E-state index in [-0.39, 0.29) is 6.15 Å². The fourth-order valence-corrected chi connectivity index (χ4v) is 1.91. The Kier molecular flexibility index (Phi) is 4.43. The zero-order valence-corrected chi connectivity index (χ0v) is 9.26. The molecule has 1 fully saturated rings. The zero-order chi connectivity index (χ0) is 9.10. The lowest BCUT2D eigenvalue weighted by Gasteiger charge is -2.00. The van der Waals surface area contributed by atoms with Crippen molar-refractivity contribution in [2.45, 2.75) is 32.1 Å². The second-order valence-electron chi connectivity index (χ2n) is 3.97. The Morgan fingerprint density at radius 1 is 1.29 bits per heavy atom. The van der Waals surface area contributed by atoms with Gasteiger partial charge in [-0.15, -0.1) is 0 Å². The van der Waals surface area contributed by atoms with E-state index in [1.165, 1.54) is 37.7 Å². The molecular formula is C12H18ClN. The molecule has 0 aromatic heterocycles. The van der Waals surface area contributed by atoms with E-state index in [0.717, 1.165) is 10.9 Å². The molecule has 0 aliphatic heterocycles. The minimum Gasteiger partial charge on any atom is -0.344 e. The lowest BCUT2D eigenvalue weighted by molar-refractivity contribution is 0.666. The maximum Gasteiger partial charge on any atom is 0.0408 e. The first-order chi connectivity index (χ1) is 6.34. The molecule has 78 valence electrons. The van der Waals surface area contributed by atoms with Crippen molar-refractivity contribution in [3.05, 3.63) is 34.9 Å². The summed E-state index contributed by atoms with van der Waals surface area (Å²) in [6.07, 6.45) is 6.86. The first-order valence-electron chi connectivity index (χ1n) is 5.09. The molecule has 0 bridgehead atoms. The highest BCUT2D eigenvalue weighted by Crippen LogP contribution is 2.33. The fraction of sp³-hybridized carbons (Fsp3) is 0.500. The number of benzene rings is 1. The van der Waals surface area contributed by atoms with Gasteiger partial charge in [0.05, 0.1) is 0 Å².